The van der Waals surface area contributed by atoms with Crippen LogP contribution in [0.25, 0.3) is 56.2 Å². The third-order valence-corrected chi connectivity index (χ3v) is 9.91. The molecule has 6 heteroatoms. The Morgan fingerprint density at radius 2 is 0.900 bits per heavy atom. The van der Waals surface area contributed by atoms with E-state index in [0.29, 0.717) is 11.1 Å². The first-order valence-corrected chi connectivity index (χ1v) is 17.6. The fourth-order valence-corrected chi connectivity index (χ4v) is 7.15. The van der Waals surface area contributed by atoms with E-state index in [2.05, 4.69) is 119 Å². The molecule has 0 aliphatic rings. The monoisotopic (exact) mass is 654 g/mol. The van der Waals surface area contributed by atoms with Crippen molar-refractivity contribution in [2.24, 2.45) is 14.1 Å². The molecule has 5 aromatic carbocycles. The van der Waals surface area contributed by atoms with Crippen LogP contribution in [0, 0.1) is 22.7 Å². The highest BCUT2D eigenvalue weighted by molar-refractivity contribution is 5.93. The van der Waals surface area contributed by atoms with Crippen molar-refractivity contribution in [1.82, 2.24) is 9.13 Å². The Hall–Kier alpha value is -5.98. The molecule has 0 atom stereocenters. The van der Waals surface area contributed by atoms with Crippen LogP contribution in [0.4, 0.5) is 0 Å². The van der Waals surface area contributed by atoms with E-state index < -0.39 is 0 Å². The van der Waals surface area contributed by atoms with Crippen LogP contribution < -0.4 is 9.13 Å². The van der Waals surface area contributed by atoms with Crippen molar-refractivity contribution in [2.75, 3.05) is 0 Å². The SMILES string of the molecule is CCCCc1ccc(-n2c(-c3ccc(C#N)cc3)[n+](C)c3cc4c(cc32)n(-c2ccc(CCCC)cc2)c(-c2ccc(C#N)cc2)[n+]4C)cc1. The van der Waals surface area contributed by atoms with Gasteiger partial charge in [-0.2, -0.15) is 19.7 Å². The summed E-state index contributed by atoms with van der Waals surface area (Å²) in [4.78, 5) is 0. The summed E-state index contributed by atoms with van der Waals surface area (Å²) in [6.07, 6.45) is 6.82. The van der Waals surface area contributed by atoms with E-state index in [4.69, 9.17) is 0 Å². The number of aryl methyl sites for hydroxylation is 4. The number of imidazole rings is 2. The van der Waals surface area contributed by atoms with Crippen LogP contribution in [0.2, 0.25) is 0 Å². The van der Waals surface area contributed by atoms with Crippen LogP contribution in [-0.2, 0) is 26.9 Å². The van der Waals surface area contributed by atoms with E-state index in [0.717, 1.165) is 69.1 Å². The summed E-state index contributed by atoms with van der Waals surface area (Å²) in [7, 11) is 4.25. The molecule has 0 aliphatic heterocycles. The molecule has 0 N–H and O–H groups in total. The molecular weight excluding hydrogens is 613 g/mol. The molecule has 246 valence electrons. The Labute approximate surface area is 294 Å². The molecule has 0 bridgehead atoms. The molecule has 50 heavy (non-hydrogen) atoms. The minimum absolute atomic E-state index is 0.641. The molecule has 0 fully saturated rings. The van der Waals surface area contributed by atoms with Gasteiger partial charge < -0.3 is 0 Å². The second-order valence-electron chi connectivity index (χ2n) is 13.2. The largest absolute Gasteiger partial charge is 0.294 e. The molecule has 7 aromatic rings. The van der Waals surface area contributed by atoms with Gasteiger partial charge >= 0.3 is 0 Å². The Bertz CT molecular complexity index is 2230. The van der Waals surface area contributed by atoms with Crippen molar-refractivity contribution in [3.8, 4) is 46.3 Å². The quantitative estimate of drug-likeness (QED) is 0.138. The van der Waals surface area contributed by atoms with Crippen LogP contribution in [0.1, 0.15) is 61.8 Å². The van der Waals surface area contributed by atoms with Crippen LogP contribution in [0.15, 0.2) is 109 Å². The number of fused-ring (bicyclic) bond motifs is 2. The molecule has 0 radical (unpaired) electrons. The Morgan fingerprint density at radius 1 is 0.520 bits per heavy atom. The number of unbranched alkanes of at least 4 members (excludes halogenated alkanes) is 2. The van der Waals surface area contributed by atoms with Gasteiger partial charge in [-0.05, 0) is 110 Å². The van der Waals surface area contributed by atoms with Crippen LogP contribution in [-0.4, -0.2) is 9.13 Å². The Balaban J connectivity index is 1.52. The maximum Gasteiger partial charge on any atom is 0.294 e. The third-order valence-electron chi connectivity index (χ3n) is 9.91. The lowest BCUT2D eigenvalue weighted by Gasteiger charge is -2.06. The van der Waals surface area contributed by atoms with Crippen LogP contribution >= 0.6 is 0 Å². The van der Waals surface area contributed by atoms with E-state index in [1.54, 1.807) is 0 Å². The number of benzene rings is 5. The van der Waals surface area contributed by atoms with Gasteiger partial charge in [0.1, 0.15) is 11.4 Å². The summed E-state index contributed by atoms with van der Waals surface area (Å²) in [6.45, 7) is 4.46. The summed E-state index contributed by atoms with van der Waals surface area (Å²) in [6, 6.07) is 42.8. The predicted molar refractivity (Wildman–Crippen MR) is 200 cm³/mol. The molecule has 7 rings (SSSR count). The molecule has 0 spiro atoms. The zero-order valence-electron chi connectivity index (χ0n) is 29.3. The zero-order valence-corrected chi connectivity index (χ0v) is 29.3. The average Bonchev–Trinajstić information content (AvgIpc) is 3.62. The second kappa shape index (κ2) is 13.9. The lowest BCUT2D eigenvalue weighted by atomic mass is 10.1. The number of hydrogen-bond donors (Lipinski definition) is 0. The van der Waals surface area contributed by atoms with E-state index in [9.17, 15) is 10.5 Å². The lowest BCUT2D eigenvalue weighted by Crippen LogP contribution is -2.32. The number of rotatable bonds is 10. The highest BCUT2D eigenvalue weighted by Gasteiger charge is 2.32. The fourth-order valence-electron chi connectivity index (χ4n) is 7.15. The summed E-state index contributed by atoms with van der Waals surface area (Å²) >= 11 is 0. The molecule has 6 nitrogen and oxygen atoms in total. The molecule has 0 amide bonds. The van der Waals surface area contributed by atoms with Crippen molar-refractivity contribution >= 4 is 22.1 Å². The van der Waals surface area contributed by atoms with Gasteiger partial charge in [0.25, 0.3) is 11.6 Å². The highest BCUT2D eigenvalue weighted by atomic mass is 15.2. The minimum Gasteiger partial charge on any atom is -0.225 e. The number of hydrogen-bond acceptors (Lipinski definition) is 2. The second-order valence-corrected chi connectivity index (χ2v) is 13.2. The average molecular weight is 655 g/mol. The third kappa shape index (κ3) is 5.84. The number of nitrogens with zero attached hydrogens (tertiary/aromatic N) is 6. The summed E-state index contributed by atoms with van der Waals surface area (Å²) < 4.78 is 9.24. The van der Waals surface area contributed by atoms with Gasteiger partial charge in [-0.15, -0.1) is 0 Å². The van der Waals surface area contributed by atoms with Gasteiger partial charge in [0.05, 0.1) is 48.5 Å². The fraction of sp³-hybridized carbons (Fsp3) is 0.227. The van der Waals surface area contributed by atoms with Crippen molar-refractivity contribution in [2.45, 2.75) is 52.4 Å². The predicted octanol–water partition coefficient (Wildman–Crippen LogP) is 8.99. The number of nitriles is 2. The molecule has 0 saturated carbocycles. The minimum atomic E-state index is 0.641. The van der Waals surface area contributed by atoms with Crippen molar-refractivity contribution in [1.29, 1.82) is 10.5 Å². The van der Waals surface area contributed by atoms with E-state index in [1.165, 1.54) is 36.8 Å². The Kier molecular flexibility index (Phi) is 9.03. The van der Waals surface area contributed by atoms with Crippen molar-refractivity contribution in [3.05, 3.63) is 131 Å². The molecule has 2 aromatic heterocycles. The zero-order chi connectivity index (χ0) is 34.8. The van der Waals surface area contributed by atoms with Gasteiger partial charge in [0, 0.05) is 12.1 Å². The van der Waals surface area contributed by atoms with Crippen LogP contribution in [0.5, 0.6) is 0 Å². The lowest BCUT2D eigenvalue weighted by molar-refractivity contribution is -0.637. The summed E-state index contributed by atoms with van der Waals surface area (Å²) in [5, 5.41) is 19.0. The van der Waals surface area contributed by atoms with Gasteiger partial charge in [-0.1, -0.05) is 51.0 Å². The van der Waals surface area contributed by atoms with Gasteiger partial charge in [0.15, 0.2) is 22.1 Å². The molecule has 0 saturated heterocycles. The summed E-state index contributed by atoms with van der Waals surface area (Å²) in [5.74, 6) is 2.08. The smallest absolute Gasteiger partial charge is 0.225 e. The summed E-state index contributed by atoms with van der Waals surface area (Å²) in [5.41, 5.74) is 12.6. The first-order chi connectivity index (χ1) is 24.4. The molecule has 2 heterocycles. The van der Waals surface area contributed by atoms with Gasteiger partial charge in [0.2, 0.25) is 0 Å². The van der Waals surface area contributed by atoms with E-state index in [-0.39, 0.29) is 0 Å². The molecular formula is C44H42N6+2. The number of aromatic nitrogens is 4. The van der Waals surface area contributed by atoms with Crippen LogP contribution in [0.3, 0.4) is 0 Å². The van der Waals surface area contributed by atoms with Gasteiger partial charge in [-0.25, -0.2) is 9.13 Å². The van der Waals surface area contributed by atoms with E-state index in [1.807, 2.05) is 48.5 Å². The van der Waals surface area contributed by atoms with Gasteiger partial charge in [-0.3, -0.25) is 0 Å². The Morgan fingerprint density at radius 3 is 1.24 bits per heavy atom. The maximum atomic E-state index is 9.52. The van der Waals surface area contributed by atoms with Crippen molar-refractivity contribution in [3.63, 3.8) is 0 Å². The topological polar surface area (TPSA) is 65.2 Å². The molecule has 0 unspecified atom stereocenters. The molecule has 0 aliphatic carbocycles. The maximum absolute atomic E-state index is 9.52. The first kappa shape index (κ1) is 32.6. The standard InChI is InChI=1S/C44H42N6/c1-5-7-9-31-15-23-37(24-16-31)49-41-28-42-40(27-39(41)47(3)43(49)35-19-11-33(29-45)12-20-35)48(4)44(36-21-13-34(30-46)14-22-36)50(42)38-25-17-32(18-26-38)10-8-6-2/h11-28H,5-10H2,1-4H3/q+2. The first-order valence-electron chi connectivity index (χ1n) is 17.6. The normalized spacial score (nSPS) is 11.2. The van der Waals surface area contributed by atoms with E-state index >= 15 is 0 Å². The van der Waals surface area contributed by atoms with Crippen molar-refractivity contribution < 1.29 is 9.13 Å². The highest BCUT2D eigenvalue weighted by Crippen LogP contribution is 2.34.